The van der Waals surface area contributed by atoms with E-state index in [4.69, 9.17) is 39.9 Å². The number of esters is 1. The fourth-order valence-electron chi connectivity index (χ4n) is 14.5. The van der Waals surface area contributed by atoms with E-state index in [9.17, 15) is 79.2 Å². The van der Waals surface area contributed by atoms with Gasteiger partial charge in [-0.3, -0.25) is 33.7 Å². The SMILES string of the molecule is CC1(C)S[C@@H]2[C@H](NC(=O)[C@H](N)c3ccc(O)cc3)C(=O)N2[C@H]1C(=O)O.CC1=C(C(=O)O)N2C(=O)[C@@H](NC(=O)[C@H](N)c3ccccc3)[C@H]2SC1.CC[C@H]1OC(=O)[C@H](C)[C@@H](O[C@H]2C[C@@](C)(OC)[C@@H](O)[C@H](C)O2)[C@H](C)[C@@H](O[C@@H]2O[C@H](C)C[C@H](N(C)C)[C@H]2O)[C@](C)(O)C[C@@H](C)C(=O)[C@H](C)[C@@H](O)[C@]1(C)O. The molecule has 25 atom stereocenters. The normalized spacial score (nSPS) is 38.2. The Bertz CT molecular complexity index is 3310. The van der Waals surface area contributed by atoms with Crippen LogP contribution in [0.4, 0.5) is 0 Å². The number of thioether (sulfide) groups is 2. The lowest BCUT2D eigenvalue weighted by atomic mass is 9.74. The number of carboxylic acid groups (broad SMARTS) is 2. The molecule has 0 spiro atoms. The minimum atomic E-state index is -1.99. The standard InChI is InChI=1S/C37H67NO13.C16H19N3O5S.C16H17N3O4S/c1-14-25-37(10,45)30(41)20(4)27(39)18(2)16-35(8,44)32(51-34-28(40)24(38(11)12)15-19(3)47-34)21(5)29(22(6)33(43)49-25)50-26-17-36(9,46-13)31(42)23(7)48-26;1-16(2)11(15(23)24)19-13(22)10(14(19)25-16)18-12(21)9(17)7-3-5-8(20)6-4-7;1-8-7-24-15-11(14(21)19(15)12(8)16(22)23)18-13(20)10(17)9-5-3-2-4-6-9/h18-26,28-32,34,40-42,44-45H,14-17H2,1-13H3;3-6,9-11,14,20H,17H2,1-2H3,(H,18,21)(H,23,24);2-6,10-11,15H,7,17H2,1H3,(H,18,20)(H,22,23)/t18-,19-,20+,21+,22-,23+,24+,25-,26+,28-,29+,30-,31+,32-,34+,35-,36-,37-;9-,10-,11+,14-;10-,11-,15-/m111/s1. The van der Waals surface area contributed by atoms with Crippen molar-refractivity contribution in [2.75, 3.05) is 27.0 Å². The van der Waals surface area contributed by atoms with Gasteiger partial charge in [-0.1, -0.05) is 70.2 Å². The van der Waals surface area contributed by atoms with E-state index in [2.05, 4.69) is 10.6 Å². The molecule has 100 heavy (non-hydrogen) atoms. The van der Waals surface area contributed by atoms with Crippen LogP contribution in [-0.4, -0.2) is 248 Å². The van der Waals surface area contributed by atoms with Gasteiger partial charge in [0.1, 0.15) is 82.1 Å². The highest BCUT2D eigenvalue weighted by atomic mass is 32.2. The molecule has 14 N–H and O–H groups in total. The zero-order chi connectivity index (χ0) is 74.9. The van der Waals surface area contributed by atoms with Gasteiger partial charge < -0.3 is 101 Å². The number of carboxylic acids is 2. The van der Waals surface area contributed by atoms with Crippen molar-refractivity contribution in [3.05, 3.63) is 77.0 Å². The number of carbonyl (C=O) groups excluding carboxylic acids is 6. The number of carbonyl (C=O) groups is 8. The molecule has 558 valence electrons. The number of aliphatic carboxylic acids is 2. The van der Waals surface area contributed by atoms with Crippen molar-refractivity contribution in [1.82, 2.24) is 25.3 Å². The topological polar surface area (TPSA) is 440 Å². The Hall–Kier alpha value is -5.88. The van der Waals surface area contributed by atoms with Crippen molar-refractivity contribution >= 4 is 70.8 Å². The number of aromatic hydroxyl groups is 1. The van der Waals surface area contributed by atoms with Gasteiger partial charge in [0.25, 0.3) is 5.91 Å². The Morgan fingerprint density at radius 2 is 1.35 bits per heavy atom. The van der Waals surface area contributed by atoms with Gasteiger partial charge in [-0.05, 0) is 125 Å². The molecule has 2 aromatic carbocycles. The molecule has 4 amide bonds. The van der Waals surface area contributed by atoms with Gasteiger partial charge in [0, 0.05) is 47.8 Å². The summed E-state index contributed by atoms with van der Waals surface area (Å²) in [6.45, 7) is 21.6. The van der Waals surface area contributed by atoms with E-state index < -0.39 is 189 Å². The third kappa shape index (κ3) is 17.2. The van der Waals surface area contributed by atoms with Crippen molar-refractivity contribution in [3.63, 3.8) is 0 Å². The van der Waals surface area contributed by atoms with Crippen LogP contribution >= 0.6 is 23.5 Å². The second-order valence-electron chi connectivity index (χ2n) is 28.8. The first-order valence-corrected chi connectivity index (χ1v) is 35.5. The van der Waals surface area contributed by atoms with Crippen LogP contribution in [0.15, 0.2) is 65.9 Å². The number of nitrogens with two attached hydrogens (primary N) is 2. The highest BCUT2D eigenvalue weighted by molar-refractivity contribution is 8.01. The third-order valence-electron chi connectivity index (χ3n) is 20.4. The molecule has 0 unspecified atom stereocenters. The number of hydrogen-bond donors (Lipinski definition) is 12. The van der Waals surface area contributed by atoms with Crippen molar-refractivity contribution in [2.45, 2.75) is 246 Å². The monoisotopic (exact) mass is 1450 g/mol. The van der Waals surface area contributed by atoms with Crippen molar-refractivity contribution in [3.8, 4) is 5.75 Å². The first-order chi connectivity index (χ1) is 46.5. The van der Waals surface area contributed by atoms with Crippen LogP contribution in [0.3, 0.4) is 0 Å². The van der Waals surface area contributed by atoms with Gasteiger partial charge in [0.15, 0.2) is 12.6 Å². The molecule has 2 aromatic rings. The Morgan fingerprint density at radius 1 is 0.780 bits per heavy atom. The predicted octanol–water partition coefficient (Wildman–Crippen LogP) is 2.25. The molecule has 9 rings (SSSR count). The van der Waals surface area contributed by atoms with E-state index >= 15 is 0 Å². The number of nitrogens with one attached hydrogen (secondary N) is 2. The molecule has 0 aromatic heterocycles. The molecule has 31 heteroatoms. The molecule has 7 aliphatic heterocycles. The summed E-state index contributed by atoms with van der Waals surface area (Å²) in [5.74, 6) is -8.41. The molecule has 0 bridgehead atoms. The van der Waals surface area contributed by atoms with Gasteiger partial charge in [-0.15, -0.1) is 23.5 Å². The van der Waals surface area contributed by atoms with Crippen LogP contribution in [0.1, 0.15) is 139 Å². The molecule has 7 aliphatic rings. The van der Waals surface area contributed by atoms with Crippen LogP contribution in [0.5, 0.6) is 5.75 Å². The largest absolute Gasteiger partial charge is 0.508 e. The first kappa shape index (κ1) is 81.4. The lowest BCUT2D eigenvalue weighted by Crippen LogP contribution is -2.71. The number of phenols is 1. The number of hydrogen-bond acceptors (Lipinski definition) is 25. The zero-order valence-electron chi connectivity index (χ0n) is 59.5. The average molecular weight is 1450 g/mol. The number of likely N-dealkylation sites (N-methyl/N-ethyl adjacent to an activating group) is 1. The number of β-lactam (4-membered cyclic amide) rings is 2. The molecular formula is C69H103N7O22S2. The minimum absolute atomic E-state index is 0.0154. The van der Waals surface area contributed by atoms with Gasteiger partial charge in [-0.2, -0.15) is 0 Å². The van der Waals surface area contributed by atoms with Gasteiger partial charge in [0.05, 0.1) is 47.6 Å². The Balaban J connectivity index is 0.000000236. The first-order valence-electron chi connectivity index (χ1n) is 33.6. The smallest absolute Gasteiger partial charge is 0.352 e. The number of amides is 4. The number of Topliss-reactive ketones (excluding diaryl/α,β-unsaturated/α-hetero) is 1. The summed E-state index contributed by atoms with van der Waals surface area (Å²) in [4.78, 5) is 104. The fourth-order valence-corrected chi connectivity index (χ4v) is 17.4. The predicted molar refractivity (Wildman–Crippen MR) is 366 cm³/mol. The van der Waals surface area contributed by atoms with Crippen molar-refractivity contribution < 1.29 is 108 Å². The van der Waals surface area contributed by atoms with E-state index in [1.54, 1.807) is 86.6 Å². The summed E-state index contributed by atoms with van der Waals surface area (Å²) in [7, 11) is 5.18. The van der Waals surface area contributed by atoms with E-state index in [1.807, 2.05) is 32.0 Å². The molecule has 0 aliphatic carbocycles. The summed E-state index contributed by atoms with van der Waals surface area (Å²) < 4.78 is 36.4. The maximum atomic E-state index is 14.1. The van der Waals surface area contributed by atoms with E-state index in [-0.39, 0.29) is 42.9 Å². The molecule has 29 nitrogen and oxygen atoms in total. The van der Waals surface area contributed by atoms with Gasteiger partial charge >= 0.3 is 17.9 Å². The molecule has 0 saturated carbocycles. The second-order valence-corrected chi connectivity index (χ2v) is 31.7. The van der Waals surface area contributed by atoms with E-state index in [1.165, 1.54) is 85.5 Å². The number of aliphatic hydroxyl groups is 5. The van der Waals surface area contributed by atoms with E-state index in [0.29, 0.717) is 28.9 Å². The quantitative estimate of drug-likeness (QED) is 0.0898. The third-order valence-corrected chi connectivity index (χ3v) is 23.4. The van der Waals surface area contributed by atoms with Crippen molar-refractivity contribution in [1.29, 1.82) is 0 Å². The molecule has 0 radical (unpaired) electrons. The maximum absolute atomic E-state index is 14.1. The summed E-state index contributed by atoms with van der Waals surface area (Å²) in [5, 5.41) is 90.0. The van der Waals surface area contributed by atoms with Crippen LogP contribution in [0.2, 0.25) is 0 Å². The van der Waals surface area contributed by atoms with Crippen LogP contribution in [0.25, 0.3) is 0 Å². The zero-order valence-corrected chi connectivity index (χ0v) is 61.2. The number of ketones is 1. The summed E-state index contributed by atoms with van der Waals surface area (Å²) in [6.07, 6.45) is -9.71. The number of rotatable bonds is 15. The highest BCUT2D eigenvalue weighted by Crippen LogP contribution is 2.51. The number of nitrogens with zero attached hydrogens (tertiary/aromatic N) is 3. The second kappa shape index (κ2) is 32.4. The molecule has 6 saturated heterocycles. The fraction of sp³-hybridized carbons (Fsp3) is 0.681. The van der Waals surface area contributed by atoms with Crippen molar-refractivity contribution in [2.24, 2.45) is 35.1 Å². The summed E-state index contributed by atoms with van der Waals surface area (Å²) >= 11 is 2.78. The number of aliphatic hydroxyl groups excluding tert-OH is 3. The summed E-state index contributed by atoms with van der Waals surface area (Å²) in [5.41, 5.74) is 8.81. The number of benzene rings is 2. The Kier molecular flexibility index (Phi) is 26.4. The number of ether oxygens (including phenoxy) is 6. The molecular weight excluding hydrogens is 1340 g/mol. The Labute approximate surface area is 591 Å². The molecule has 7 heterocycles. The number of methoxy groups -OCH3 is 1. The number of phenolic OH excluding ortho intramolecular Hbond substituents is 1. The highest BCUT2D eigenvalue weighted by Gasteiger charge is 2.65. The van der Waals surface area contributed by atoms with Crippen LogP contribution < -0.4 is 22.1 Å². The summed E-state index contributed by atoms with van der Waals surface area (Å²) in [6, 6.07) is 10.1. The van der Waals surface area contributed by atoms with Crippen LogP contribution in [0, 0.1) is 23.7 Å². The Morgan fingerprint density at radius 3 is 1.89 bits per heavy atom. The average Bonchev–Trinajstić information content (AvgIpc) is 1.47. The lowest BCUT2D eigenvalue weighted by Gasteiger charge is -2.49. The maximum Gasteiger partial charge on any atom is 0.352 e. The van der Waals surface area contributed by atoms with Crippen LogP contribution in [-0.2, 0) is 66.8 Å². The van der Waals surface area contributed by atoms with Gasteiger partial charge in [0.2, 0.25) is 17.7 Å². The molecule has 6 fully saturated rings. The number of cyclic esters (lactones) is 1. The lowest BCUT2D eigenvalue weighted by molar-refractivity contribution is -0.318. The van der Waals surface area contributed by atoms with Gasteiger partial charge in [-0.25, -0.2) is 9.59 Å². The minimum Gasteiger partial charge on any atom is -0.508 e. The van der Waals surface area contributed by atoms with E-state index in [0.717, 1.165) is 0 Å². The number of fused-ring (bicyclic) bond motifs is 2.